The Bertz CT molecular complexity index is 372. The van der Waals surface area contributed by atoms with Gasteiger partial charge in [0.2, 0.25) is 0 Å². The molecule has 0 spiro atoms. The molecule has 0 bridgehead atoms. The van der Waals surface area contributed by atoms with E-state index in [1.807, 2.05) is 0 Å². The molecule has 0 atom stereocenters. The highest BCUT2D eigenvalue weighted by Crippen LogP contribution is 2.19. The highest BCUT2D eigenvalue weighted by molar-refractivity contribution is 5.88. The van der Waals surface area contributed by atoms with E-state index in [1.165, 1.54) is 4.68 Å². The van der Waals surface area contributed by atoms with Crippen molar-refractivity contribution < 1.29 is 15.0 Å². The van der Waals surface area contributed by atoms with Gasteiger partial charge >= 0.3 is 5.97 Å². The quantitative estimate of drug-likeness (QED) is 0.589. The van der Waals surface area contributed by atoms with Crippen LogP contribution >= 0.6 is 0 Å². The predicted molar refractivity (Wildman–Crippen MR) is 46.8 cm³/mol. The first kappa shape index (κ1) is 9.17. The lowest BCUT2D eigenvalue weighted by molar-refractivity contribution is 0.0680. The molecule has 1 aromatic rings. The molecular formula is C8H11N3O3. The van der Waals surface area contributed by atoms with Gasteiger partial charge in [0.25, 0.3) is 0 Å². The smallest absolute Gasteiger partial charge is 0.354 e. The lowest BCUT2D eigenvalue weighted by Crippen LogP contribution is -2.16. The summed E-state index contributed by atoms with van der Waals surface area (Å²) in [5.74, 6) is -0.990. The number of hydrogen-bond acceptors (Lipinski definition) is 4. The van der Waals surface area contributed by atoms with Crippen molar-refractivity contribution in [1.82, 2.24) is 15.1 Å². The molecule has 1 aliphatic rings. The molecule has 0 aliphatic carbocycles. The number of aromatic carboxylic acids is 1. The summed E-state index contributed by atoms with van der Waals surface area (Å²) in [6.07, 6.45) is 0. The minimum absolute atomic E-state index is 0.103. The van der Waals surface area contributed by atoms with Gasteiger partial charge in [0.15, 0.2) is 5.69 Å². The maximum absolute atomic E-state index is 10.9. The van der Waals surface area contributed by atoms with Gasteiger partial charge < -0.3 is 15.5 Å². The molecule has 14 heavy (non-hydrogen) atoms. The van der Waals surface area contributed by atoms with Gasteiger partial charge in [-0.05, 0) is 0 Å². The lowest BCUT2D eigenvalue weighted by Gasteiger charge is -2.03. The van der Waals surface area contributed by atoms with Gasteiger partial charge in [-0.2, -0.15) is 5.10 Å². The van der Waals surface area contributed by atoms with Crippen molar-refractivity contribution in [2.75, 3.05) is 6.61 Å². The van der Waals surface area contributed by atoms with Crippen LogP contribution in [0.25, 0.3) is 0 Å². The third-order valence-electron chi connectivity index (χ3n) is 2.24. The van der Waals surface area contributed by atoms with Gasteiger partial charge in [0, 0.05) is 18.7 Å². The Labute approximate surface area is 80.2 Å². The zero-order valence-electron chi connectivity index (χ0n) is 7.53. The molecule has 2 rings (SSSR count). The molecular weight excluding hydrogens is 186 g/mol. The van der Waals surface area contributed by atoms with Gasteiger partial charge in [0.05, 0.1) is 18.8 Å². The molecule has 0 radical (unpaired) electrons. The monoisotopic (exact) mass is 197 g/mol. The van der Waals surface area contributed by atoms with E-state index in [0.29, 0.717) is 13.1 Å². The third-order valence-corrected chi connectivity index (χ3v) is 2.24. The summed E-state index contributed by atoms with van der Waals surface area (Å²) in [4.78, 5) is 10.9. The maximum atomic E-state index is 10.9. The molecule has 2 heterocycles. The molecule has 0 unspecified atom stereocenters. The van der Waals surface area contributed by atoms with E-state index in [0.717, 1.165) is 11.3 Å². The van der Waals surface area contributed by atoms with Crippen LogP contribution in [0.2, 0.25) is 0 Å². The second kappa shape index (κ2) is 3.39. The summed E-state index contributed by atoms with van der Waals surface area (Å²) < 4.78 is 1.36. The average Bonchev–Trinajstić information content (AvgIpc) is 2.62. The van der Waals surface area contributed by atoms with Crippen LogP contribution in [0, 0.1) is 0 Å². The van der Waals surface area contributed by atoms with E-state index < -0.39 is 5.97 Å². The van der Waals surface area contributed by atoms with E-state index in [-0.39, 0.29) is 18.8 Å². The number of carboxylic acids is 1. The number of aromatic nitrogens is 2. The molecule has 3 N–H and O–H groups in total. The molecule has 0 saturated carbocycles. The first-order valence-corrected chi connectivity index (χ1v) is 4.37. The molecule has 6 heteroatoms. The van der Waals surface area contributed by atoms with Crippen LogP contribution in [0.1, 0.15) is 21.7 Å². The fraction of sp³-hybridized carbons (Fsp3) is 0.500. The number of aliphatic hydroxyl groups is 1. The number of hydrogen-bond donors (Lipinski definition) is 3. The SMILES string of the molecule is O=C(O)c1c2c(nn1CCO)CNC2. The highest BCUT2D eigenvalue weighted by Gasteiger charge is 2.25. The Balaban J connectivity index is 2.45. The van der Waals surface area contributed by atoms with E-state index >= 15 is 0 Å². The summed E-state index contributed by atoms with van der Waals surface area (Å²) in [6.45, 7) is 1.28. The summed E-state index contributed by atoms with van der Waals surface area (Å²) in [7, 11) is 0. The van der Waals surface area contributed by atoms with Crippen LogP contribution < -0.4 is 5.32 Å². The number of carbonyl (C=O) groups is 1. The highest BCUT2D eigenvalue weighted by atomic mass is 16.4. The number of rotatable bonds is 3. The van der Waals surface area contributed by atoms with Crippen molar-refractivity contribution in [2.45, 2.75) is 19.6 Å². The first-order chi connectivity index (χ1) is 6.74. The average molecular weight is 197 g/mol. The number of carboxylic acid groups (broad SMARTS) is 1. The Hall–Kier alpha value is -1.40. The van der Waals surface area contributed by atoms with Crippen LogP contribution in [0.5, 0.6) is 0 Å². The number of aliphatic hydroxyl groups excluding tert-OH is 1. The number of nitrogens with zero attached hydrogens (tertiary/aromatic N) is 2. The van der Waals surface area contributed by atoms with Crippen molar-refractivity contribution in [3.05, 3.63) is 17.0 Å². The second-order valence-corrected chi connectivity index (χ2v) is 3.13. The van der Waals surface area contributed by atoms with Crippen molar-refractivity contribution in [2.24, 2.45) is 0 Å². The van der Waals surface area contributed by atoms with Gasteiger partial charge in [-0.25, -0.2) is 4.79 Å². The molecule has 1 aromatic heterocycles. The third kappa shape index (κ3) is 1.28. The van der Waals surface area contributed by atoms with Crippen molar-refractivity contribution in [1.29, 1.82) is 0 Å². The van der Waals surface area contributed by atoms with Gasteiger partial charge in [-0.15, -0.1) is 0 Å². The largest absolute Gasteiger partial charge is 0.477 e. The molecule has 0 aromatic carbocycles. The van der Waals surface area contributed by atoms with Crippen LogP contribution in [0.15, 0.2) is 0 Å². The fourth-order valence-electron chi connectivity index (χ4n) is 1.68. The predicted octanol–water partition coefficient (Wildman–Crippen LogP) is -0.823. The maximum Gasteiger partial charge on any atom is 0.354 e. The number of nitrogens with one attached hydrogen (secondary N) is 1. The molecule has 1 aliphatic heterocycles. The van der Waals surface area contributed by atoms with E-state index in [9.17, 15) is 4.79 Å². The summed E-state index contributed by atoms with van der Waals surface area (Å²) in [6, 6.07) is 0. The molecule has 0 fully saturated rings. The fourth-order valence-corrected chi connectivity index (χ4v) is 1.68. The molecule has 6 nitrogen and oxygen atoms in total. The zero-order chi connectivity index (χ0) is 10.1. The van der Waals surface area contributed by atoms with Crippen molar-refractivity contribution >= 4 is 5.97 Å². The van der Waals surface area contributed by atoms with Crippen LogP contribution in [-0.4, -0.2) is 32.6 Å². The van der Waals surface area contributed by atoms with Crippen LogP contribution in [0.3, 0.4) is 0 Å². The summed E-state index contributed by atoms with van der Waals surface area (Å²) in [5, 5.41) is 24.9. The second-order valence-electron chi connectivity index (χ2n) is 3.13. The van der Waals surface area contributed by atoms with Crippen LogP contribution in [0.4, 0.5) is 0 Å². The molecule has 76 valence electrons. The van der Waals surface area contributed by atoms with Crippen molar-refractivity contribution in [3.8, 4) is 0 Å². The van der Waals surface area contributed by atoms with Crippen LogP contribution in [-0.2, 0) is 19.6 Å². The van der Waals surface area contributed by atoms with E-state index in [2.05, 4.69) is 10.4 Å². The van der Waals surface area contributed by atoms with Crippen molar-refractivity contribution in [3.63, 3.8) is 0 Å². The zero-order valence-corrected chi connectivity index (χ0v) is 7.53. The molecule has 0 saturated heterocycles. The lowest BCUT2D eigenvalue weighted by atomic mass is 10.2. The van der Waals surface area contributed by atoms with Gasteiger partial charge in [0.1, 0.15) is 0 Å². The minimum Gasteiger partial charge on any atom is -0.477 e. The summed E-state index contributed by atoms with van der Waals surface area (Å²) >= 11 is 0. The first-order valence-electron chi connectivity index (χ1n) is 4.37. The topological polar surface area (TPSA) is 87.4 Å². The minimum atomic E-state index is -0.990. The van der Waals surface area contributed by atoms with Gasteiger partial charge in [-0.3, -0.25) is 4.68 Å². The van der Waals surface area contributed by atoms with E-state index in [4.69, 9.17) is 10.2 Å². The molecule has 0 amide bonds. The Kier molecular flexibility index (Phi) is 2.22. The summed E-state index contributed by atoms with van der Waals surface area (Å²) in [5.41, 5.74) is 1.71. The normalized spacial score (nSPS) is 14.4. The Morgan fingerprint density at radius 1 is 1.57 bits per heavy atom. The standard InChI is InChI=1S/C8H11N3O3/c12-2-1-11-7(8(13)14)5-3-9-4-6(5)10-11/h9,12H,1-4H2,(H,13,14). The number of fused-ring (bicyclic) bond motifs is 1. The Morgan fingerprint density at radius 2 is 2.36 bits per heavy atom. The van der Waals surface area contributed by atoms with Gasteiger partial charge in [-0.1, -0.05) is 0 Å². The van der Waals surface area contributed by atoms with E-state index in [1.54, 1.807) is 0 Å². The Morgan fingerprint density at radius 3 is 3.00 bits per heavy atom.